The summed E-state index contributed by atoms with van der Waals surface area (Å²) in [6.45, 7) is 0.846. The standard InChI is InChI=1S/C20H19NO2/c22-20(23)15-10-11-19-17(12-15)16-8-4-5-9-18(16)21(19)13-14-6-2-1-3-7-14/h1-3,6-7,10-12H,4-5,8-9,13H2,(H,22,23). The number of rotatable bonds is 3. The minimum absolute atomic E-state index is 0.378. The molecule has 1 heterocycles. The first-order chi connectivity index (χ1) is 11.2. The van der Waals surface area contributed by atoms with Crippen molar-refractivity contribution in [3.63, 3.8) is 0 Å². The number of aromatic nitrogens is 1. The van der Waals surface area contributed by atoms with Gasteiger partial charge in [0.2, 0.25) is 0 Å². The molecule has 0 unspecified atom stereocenters. The molecule has 0 saturated carbocycles. The Balaban J connectivity index is 1.90. The fourth-order valence-corrected chi connectivity index (χ4v) is 3.72. The van der Waals surface area contributed by atoms with Gasteiger partial charge in [-0.3, -0.25) is 0 Å². The van der Waals surface area contributed by atoms with E-state index in [1.807, 2.05) is 18.2 Å². The number of carboxylic acid groups (broad SMARTS) is 1. The molecule has 1 aliphatic rings. The third-order valence-corrected chi connectivity index (χ3v) is 4.81. The molecule has 1 N–H and O–H groups in total. The lowest BCUT2D eigenvalue weighted by Gasteiger charge is -2.16. The van der Waals surface area contributed by atoms with Crippen molar-refractivity contribution < 1.29 is 9.90 Å². The zero-order chi connectivity index (χ0) is 15.8. The molecule has 0 atom stereocenters. The van der Waals surface area contributed by atoms with Crippen LogP contribution in [0.5, 0.6) is 0 Å². The van der Waals surface area contributed by atoms with Gasteiger partial charge in [0, 0.05) is 23.1 Å². The molecule has 4 rings (SSSR count). The monoisotopic (exact) mass is 305 g/mol. The van der Waals surface area contributed by atoms with Crippen molar-refractivity contribution >= 4 is 16.9 Å². The molecule has 116 valence electrons. The number of aromatic carboxylic acids is 1. The first-order valence-electron chi connectivity index (χ1n) is 8.15. The van der Waals surface area contributed by atoms with Gasteiger partial charge in [0.15, 0.2) is 0 Å². The van der Waals surface area contributed by atoms with Crippen molar-refractivity contribution in [2.75, 3.05) is 0 Å². The van der Waals surface area contributed by atoms with Gasteiger partial charge in [-0.25, -0.2) is 4.79 Å². The van der Waals surface area contributed by atoms with Crippen molar-refractivity contribution in [1.29, 1.82) is 0 Å². The molecule has 0 saturated heterocycles. The summed E-state index contributed by atoms with van der Waals surface area (Å²) in [5, 5.41) is 10.4. The van der Waals surface area contributed by atoms with Crippen molar-refractivity contribution in [1.82, 2.24) is 4.57 Å². The third-order valence-electron chi connectivity index (χ3n) is 4.81. The second-order valence-electron chi connectivity index (χ2n) is 6.24. The summed E-state index contributed by atoms with van der Waals surface area (Å²) in [4.78, 5) is 11.3. The minimum Gasteiger partial charge on any atom is -0.478 e. The maximum absolute atomic E-state index is 11.3. The summed E-state index contributed by atoms with van der Waals surface area (Å²) in [5.41, 5.74) is 5.55. The predicted molar refractivity (Wildman–Crippen MR) is 91.1 cm³/mol. The molecular formula is C20H19NO2. The predicted octanol–water partition coefficient (Wildman–Crippen LogP) is 4.27. The van der Waals surface area contributed by atoms with Crippen molar-refractivity contribution in [2.45, 2.75) is 32.2 Å². The number of carbonyl (C=O) groups is 1. The SMILES string of the molecule is O=C(O)c1ccc2c(c1)c1c(n2Cc2ccccc2)CCCC1. The summed E-state index contributed by atoms with van der Waals surface area (Å²) in [7, 11) is 0. The molecule has 0 aliphatic heterocycles. The van der Waals surface area contributed by atoms with E-state index in [2.05, 4.69) is 28.8 Å². The van der Waals surface area contributed by atoms with Gasteiger partial charge in [0.25, 0.3) is 0 Å². The average molecular weight is 305 g/mol. The molecule has 1 aromatic heterocycles. The molecule has 0 spiro atoms. The fourth-order valence-electron chi connectivity index (χ4n) is 3.72. The quantitative estimate of drug-likeness (QED) is 0.785. The van der Waals surface area contributed by atoms with Gasteiger partial charge in [-0.2, -0.15) is 0 Å². The second-order valence-corrected chi connectivity index (χ2v) is 6.24. The Labute approximate surface area is 135 Å². The molecule has 0 amide bonds. The largest absolute Gasteiger partial charge is 0.478 e. The number of benzene rings is 2. The van der Waals surface area contributed by atoms with Gasteiger partial charge in [-0.15, -0.1) is 0 Å². The molecule has 23 heavy (non-hydrogen) atoms. The molecule has 2 aromatic carbocycles. The van der Waals surface area contributed by atoms with Crippen molar-refractivity contribution in [3.8, 4) is 0 Å². The minimum atomic E-state index is -0.854. The summed E-state index contributed by atoms with van der Waals surface area (Å²) >= 11 is 0. The highest BCUT2D eigenvalue weighted by molar-refractivity contribution is 5.95. The van der Waals surface area contributed by atoms with Crippen molar-refractivity contribution in [3.05, 3.63) is 70.9 Å². The van der Waals surface area contributed by atoms with Gasteiger partial charge >= 0.3 is 5.97 Å². The lowest BCUT2D eigenvalue weighted by atomic mass is 9.95. The maximum atomic E-state index is 11.3. The Morgan fingerprint density at radius 3 is 2.61 bits per heavy atom. The van der Waals surface area contributed by atoms with Crippen molar-refractivity contribution in [2.24, 2.45) is 0 Å². The van der Waals surface area contributed by atoms with Crippen LogP contribution < -0.4 is 0 Å². The molecular weight excluding hydrogens is 286 g/mol. The summed E-state index contributed by atoms with van der Waals surface area (Å²) in [5.74, 6) is -0.854. The van der Waals surface area contributed by atoms with Crippen LogP contribution in [0.1, 0.15) is 40.0 Å². The topological polar surface area (TPSA) is 42.2 Å². The smallest absolute Gasteiger partial charge is 0.335 e. The highest BCUT2D eigenvalue weighted by Crippen LogP contribution is 2.33. The molecule has 3 heteroatoms. The maximum Gasteiger partial charge on any atom is 0.335 e. The number of nitrogens with zero attached hydrogens (tertiary/aromatic N) is 1. The number of hydrogen-bond donors (Lipinski definition) is 1. The van der Waals surface area contributed by atoms with Gasteiger partial charge < -0.3 is 9.67 Å². The zero-order valence-corrected chi connectivity index (χ0v) is 13.0. The van der Waals surface area contributed by atoms with E-state index in [-0.39, 0.29) is 0 Å². The Morgan fingerprint density at radius 1 is 1.04 bits per heavy atom. The molecule has 0 radical (unpaired) electrons. The number of aryl methyl sites for hydroxylation is 1. The van der Waals surface area contributed by atoms with Crippen LogP contribution in [0.3, 0.4) is 0 Å². The van der Waals surface area contributed by atoms with Crippen LogP contribution in [0.4, 0.5) is 0 Å². The summed E-state index contributed by atoms with van der Waals surface area (Å²) < 4.78 is 2.38. The highest BCUT2D eigenvalue weighted by atomic mass is 16.4. The lowest BCUT2D eigenvalue weighted by molar-refractivity contribution is 0.0697. The van der Waals surface area contributed by atoms with Crippen LogP contribution >= 0.6 is 0 Å². The van der Waals surface area contributed by atoms with E-state index in [0.29, 0.717) is 5.56 Å². The van der Waals surface area contributed by atoms with E-state index in [1.54, 1.807) is 6.07 Å². The fraction of sp³-hybridized carbons (Fsp3) is 0.250. The van der Waals surface area contributed by atoms with E-state index >= 15 is 0 Å². The van der Waals surface area contributed by atoms with E-state index in [0.717, 1.165) is 30.3 Å². The lowest BCUT2D eigenvalue weighted by Crippen LogP contribution is -2.09. The Morgan fingerprint density at radius 2 is 1.83 bits per heavy atom. The Hall–Kier alpha value is -2.55. The van der Waals surface area contributed by atoms with Crippen LogP contribution in [0, 0.1) is 0 Å². The van der Waals surface area contributed by atoms with Crippen LogP contribution in [-0.4, -0.2) is 15.6 Å². The number of hydrogen-bond acceptors (Lipinski definition) is 1. The first-order valence-corrected chi connectivity index (χ1v) is 8.15. The summed E-state index contributed by atoms with van der Waals surface area (Å²) in [6, 6.07) is 16.0. The molecule has 3 nitrogen and oxygen atoms in total. The highest BCUT2D eigenvalue weighted by Gasteiger charge is 2.21. The van der Waals surface area contributed by atoms with Gasteiger partial charge in [-0.1, -0.05) is 30.3 Å². The van der Waals surface area contributed by atoms with Gasteiger partial charge in [0.1, 0.15) is 0 Å². The average Bonchev–Trinajstić information content (AvgIpc) is 2.90. The van der Waals surface area contributed by atoms with Crippen LogP contribution in [0.25, 0.3) is 10.9 Å². The van der Waals surface area contributed by atoms with E-state index in [4.69, 9.17) is 0 Å². The van der Waals surface area contributed by atoms with Gasteiger partial charge in [-0.05, 0) is 55.0 Å². The van der Waals surface area contributed by atoms with E-state index in [1.165, 1.54) is 29.7 Å². The zero-order valence-electron chi connectivity index (χ0n) is 13.0. The van der Waals surface area contributed by atoms with Crippen LogP contribution in [-0.2, 0) is 19.4 Å². The van der Waals surface area contributed by atoms with Crippen LogP contribution in [0.2, 0.25) is 0 Å². The van der Waals surface area contributed by atoms with E-state index in [9.17, 15) is 9.90 Å². The Bertz CT molecular complexity index is 878. The molecule has 3 aromatic rings. The van der Waals surface area contributed by atoms with Gasteiger partial charge in [0.05, 0.1) is 5.56 Å². The van der Waals surface area contributed by atoms with E-state index < -0.39 is 5.97 Å². The molecule has 0 bridgehead atoms. The van der Waals surface area contributed by atoms with Crippen LogP contribution in [0.15, 0.2) is 48.5 Å². The second kappa shape index (κ2) is 5.58. The first kappa shape index (κ1) is 14.1. The molecule has 1 aliphatic carbocycles. The summed E-state index contributed by atoms with van der Waals surface area (Å²) in [6.07, 6.45) is 4.54. The molecule has 0 fully saturated rings. The number of carboxylic acids is 1. The normalized spacial score (nSPS) is 13.9. The number of fused-ring (bicyclic) bond motifs is 3. The Kier molecular flexibility index (Phi) is 3.41. The third kappa shape index (κ3) is 2.42.